The first-order valence-electron chi connectivity index (χ1n) is 10.5. The molecule has 5 heteroatoms. The van der Waals surface area contributed by atoms with Gasteiger partial charge in [0.2, 0.25) is 5.91 Å². The summed E-state index contributed by atoms with van der Waals surface area (Å²) in [4.78, 5) is 17.2. The quantitative estimate of drug-likeness (QED) is 0.401. The van der Waals surface area contributed by atoms with E-state index in [1.54, 1.807) is 0 Å². The van der Waals surface area contributed by atoms with Gasteiger partial charge in [-0.2, -0.15) is 0 Å². The van der Waals surface area contributed by atoms with E-state index < -0.39 is 0 Å². The Morgan fingerprint density at radius 3 is 2.55 bits per heavy atom. The molecule has 0 saturated heterocycles. The molecule has 31 heavy (non-hydrogen) atoms. The van der Waals surface area contributed by atoms with E-state index in [9.17, 15) is 4.79 Å². The average molecular weight is 432 g/mol. The fourth-order valence-electron chi connectivity index (χ4n) is 3.90. The largest absolute Gasteiger partial charge is 0.354 e. The highest BCUT2D eigenvalue weighted by Gasteiger charge is 2.16. The number of carbonyl (C=O) groups excluding carboxylic acids is 1. The highest BCUT2D eigenvalue weighted by Crippen LogP contribution is 2.30. The lowest BCUT2D eigenvalue weighted by Crippen LogP contribution is -2.30. The van der Waals surface area contributed by atoms with Crippen molar-refractivity contribution in [1.29, 1.82) is 0 Å². The molecule has 0 atom stereocenters. The number of hydrogen-bond acceptors (Lipinski definition) is 2. The smallest absolute Gasteiger partial charge is 0.220 e. The van der Waals surface area contributed by atoms with Crippen LogP contribution in [0.2, 0.25) is 5.02 Å². The SMILES string of the molecule is Cc1cc(Cl)ccc1-c1ccc2nc(-c3ccccc3)c(CCC(=O)NC(C)C)n2c1. The predicted molar refractivity (Wildman–Crippen MR) is 127 cm³/mol. The third kappa shape index (κ3) is 4.64. The van der Waals surface area contributed by atoms with Crippen molar-refractivity contribution in [2.75, 3.05) is 0 Å². The fraction of sp³-hybridized carbons (Fsp3) is 0.231. The van der Waals surface area contributed by atoms with Gasteiger partial charge in [0, 0.05) is 29.2 Å². The normalized spacial score (nSPS) is 11.3. The summed E-state index contributed by atoms with van der Waals surface area (Å²) in [6.07, 6.45) is 3.13. The zero-order valence-corrected chi connectivity index (χ0v) is 18.8. The molecule has 0 aliphatic rings. The number of fused-ring (bicyclic) bond motifs is 1. The van der Waals surface area contributed by atoms with E-state index in [1.807, 2.05) is 56.3 Å². The first-order valence-corrected chi connectivity index (χ1v) is 10.9. The zero-order chi connectivity index (χ0) is 22.0. The molecule has 0 radical (unpaired) electrons. The van der Waals surface area contributed by atoms with E-state index in [0.29, 0.717) is 12.8 Å². The van der Waals surface area contributed by atoms with E-state index >= 15 is 0 Å². The van der Waals surface area contributed by atoms with E-state index in [-0.39, 0.29) is 11.9 Å². The minimum Gasteiger partial charge on any atom is -0.354 e. The van der Waals surface area contributed by atoms with E-state index in [4.69, 9.17) is 16.6 Å². The molecule has 0 unspecified atom stereocenters. The predicted octanol–water partition coefficient (Wildman–Crippen LogP) is 6.09. The molecular weight excluding hydrogens is 406 g/mol. The first-order chi connectivity index (χ1) is 14.9. The number of hydrogen-bond donors (Lipinski definition) is 1. The lowest BCUT2D eigenvalue weighted by molar-refractivity contribution is -0.121. The van der Waals surface area contributed by atoms with Crippen LogP contribution in [0.1, 0.15) is 31.5 Å². The summed E-state index contributed by atoms with van der Waals surface area (Å²) in [5, 5.41) is 3.71. The molecule has 0 aliphatic carbocycles. The Labute approximate surface area is 187 Å². The fourth-order valence-corrected chi connectivity index (χ4v) is 4.12. The van der Waals surface area contributed by atoms with Crippen molar-refractivity contribution in [3.05, 3.63) is 83.1 Å². The summed E-state index contributed by atoms with van der Waals surface area (Å²) in [5.74, 6) is 0.0497. The molecule has 4 nitrogen and oxygen atoms in total. The van der Waals surface area contributed by atoms with Gasteiger partial charge < -0.3 is 9.72 Å². The molecule has 2 aromatic heterocycles. The number of benzene rings is 2. The van der Waals surface area contributed by atoms with Gasteiger partial charge in [-0.3, -0.25) is 4.79 Å². The van der Waals surface area contributed by atoms with Crippen molar-refractivity contribution < 1.29 is 4.79 Å². The van der Waals surface area contributed by atoms with Gasteiger partial charge in [-0.05, 0) is 68.1 Å². The number of aryl methyl sites for hydroxylation is 2. The molecule has 1 amide bonds. The van der Waals surface area contributed by atoms with Gasteiger partial charge in [0.25, 0.3) is 0 Å². The number of rotatable bonds is 6. The van der Waals surface area contributed by atoms with Crippen LogP contribution in [0.5, 0.6) is 0 Å². The van der Waals surface area contributed by atoms with Gasteiger partial charge >= 0.3 is 0 Å². The average Bonchev–Trinajstić information content (AvgIpc) is 3.10. The van der Waals surface area contributed by atoms with Gasteiger partial charge in [-0.25, -0.2) is 4.98 Å². The van der Waals surface area contributed by atoms with Crippen LogP contribution in [0.15, 0.2) is 66.9 Å². The van der Waals surface area contributed by atoms with Gasteiger partial charge in [-0.15, -0.1) is 0 Å². The van der Waals surface area contributed by atoms with Gasteiger partial charge in [-0.1, -0.05) is 48.0 Å². The highest BCUT2D eigenvalue weighted by atomic mass is 35.5. The first kappa shape index (κ1) is 21.1. The minimum absolute atomic E-state index is 0.0497. The molecular formula is C26H26ClN3O. The maximum absolute atomic E-state index is 12.3. The summed E-state index contributed by atoms with van der Waals surface area (Å²) < 4.78 is 2.12. The van der Waals surface area contributed by atoms with Crippen LogP contribution in [0.4, 0.5) is 0 Å². The third-order valence-electron chi connectivity index (χ3n) is 5.30. The zero-order valence-electron chi connectivity index (χ0n) is 18.0. The molecule has 0 bridgehead atoms. The van der Waals surface area contributed by atoms with Crippen LogP contribution in [0.25, 0.3) is 28.0 Å². The monoisotopic (exact) mass is 431 g/mol. The van der Waals surface area contributed by atoms with E-state index in [2.05, 4.69) is 41.0 Å². The number of aromatic nitrogens is 2. The number of nitrogens with zero attached hydrogens (tertiary/aromatic N) is 2. The number of halogens is 1. The topological polar surface area (TPSA) is 46.4 Å². The van der Waals surface area contributed by atoms with Gasteiger partial charge in [0.1, 0.15) is 5.65 Å². The summed E-state index contributed by atoms with van der Waals surface area (Å²) in [5.41, 5.74) is 7.21. The summed E-state index contributed by atoms with van der Waals surface area (Å²) in [6, 6.07) is 20.3. The van der Waals surface area contributed by atoms with Gasteiger partial charge in [0.05, 0.1) is 11.4 Å². The molecule has 158 valence electrons. The molecule has 2 aromatic carbocycles. The Morgan fingerprint density at radius 2 is 1.84 bits per heavy atom. The van der Waals surface area contributed by atoms with Crippen molar-refractivity contribution >= 4 is 23.2 Å². The van der Waals surface area contributed by atoms with Crippen LogP contribution in [0, 0.1) is 6.92 Å². The Bertz CT molecular complexity index is 1230. The molecule has 1 N–H and O–H groups in total. The maximum atomic E-state index is 12.3. The molecule has 0 aliphatic heterocycles. The van der Waals surface area contributed by atoms with Crippen molar-refractivity contribution in [2.45, 2.75) is 39.7 Å². The second kappa shape index (κ2) is 8.94. The second-order valence-corrected chi connectivity index (χ2v) is 8.54. The molecule has 4 aromatic rings. The van der Waals surface area contributed by atoms with Crippen molar-refractivity contribution in [3.8, 4) is 22.4 Å². The number of nitrogens with one attached hydrogen (secondary N) is 1. The number of imidazole rings is 1. The molecule has 0 saturated carbocycles. The lowest BCUT2D eigenvalue weighted by atomic mass is 10.0. The van der Waals surface area contributed by atoms with Crippen LogP contribution in [-0.4, -0.2) is 21.3 Å². The molecule has 0 spiro atoms. The molecule has 0 fully saturated rings. The molecule has 4 rings (SSSR count). The molecule has 2 heterocycles. The Kier molecular flexibility index (Phi) is 6.10. The second-order valence-electron chi connectivity index (χ2n) is 8.10. The number of amides is 1. The number of carbonyl (C=O) groups is 1. The van der Waals surface area contributed by atoms with Crippen LogP contribution < -0.4 is 5.32 Å². The van der Waals surface area contributed by atoms with Gasteiger partial charge in [0.15, 0.2) is 0 Å². The highest BCUT2D eigenvalue weighted by molar-refractivity contribution is 6.30. The van der Waals surface area contributed by atoms with Crippen molar-refractivity contribution in [1.82, 2.24) is 14.7 Å². The van der Waals surface area contributed by atoms with Crippen LogP contribution >= 0.6 is 11.6 Å². The lowest BCUT2D eigenvalue weighted by Gasteiger charge is -2.11. The van der Waals surface area contributed by atoms with Crippen molar-refractivity contribution in [2.24, 2.45) is 0 Å². The minimum atomic E-state index is 0.0497. The summed E-state index contributed by atoms with van der Waals surface area (Å²) in [7, 11) is 0. The standard InChI is InChI=1S/C26H26ClN3O/c1-17(2)28-25(31)14-12-23-26(19-7-5-4-6-8-19)29-24-13-9-20(16-30(23)24)22-11-10-21(27)15-18(22)3/h4-11,13,15-17H,12,14H2,1-3H3,(H,28,31). The van der Waals surface area contributed by atoms with E-state index in [0.717, 1.165) is 44.3 Å². The summed E-state index contributed by atoms with van der Waals surface area (Å²) >= 11 is 6.15. The van der Waals surface area contributed by atoms with Crippen LogP contribution in [-0.2, 0) is 11.2 Å². The third-order valence-corrected chi connectivity index (χ3v) is 5.54. The Morgan fingerprint density at radius 1 is 1.06 bits per heavy atom. The number of pyridine rings is 1. The van der Waals surface area contributed by atoms with Crippen LogP contribution in [0.3, 0.4) is 0 Å². The summed E-state index contributed by atoms with van der Waals surface area (Å²) in [6.45, 7) is 6.01. The van der Waals surface area contributed by atoms with Crippen molar-refractivity contribution in [3.63, 3.8) is 0 Å². The Hall–Kier alpha value is -3.11. The maximum Gasteiger partial charge on any atom is 0.220 e. The van der Waals surface area contributed by atoms with E-state index in [1.165, 1.54) is 0 Å². The Balaban J connectivity index is 1.80.